The van der Waals surface area contributed by atoms with E-state index in [9.17, 15) is 9.59 Å². The molecule has 18 heavy (non-hydrogen) atoms. The maximum absolute atomic E-state index is 12.2. The maximum Gasteiger partial charge on any atom is 0.255 e. The number of hydrogen-bond acceptors (Lipinski definition) is 2. The standard InChI is InChI=1S/C13H19N3O2/c1-2-12(17)15-6-3-7-16(9-8-15)13(18)11-4-5-14-10-11/h4-5,10,14H,2-3,6-9H2,1H3. The van der Waals surface area contributed by atoms with Gasteiger partial charge >= 0.3 is 0 Å². The number of H-pyrrole nitrogens is 1. The number of nitrogens with zero attached hydrogens (tertiary/aromatic N) is 2. The Labute approximate surface area is 107 Å². The summed E-state index contributed by atoms with van der Waals surface area (Å²) in [6.07, 6.45) is 4.84. The second-order valence-electron chi connectivity index (χ2n) is 4.48. The molecule has 98 valence electrons. The van der Waals surface area contributed by atoms with Gasteiger partial charge in [0.25, 0.3) is 5.91 Å². The predicted molar refractivity (Wildman–Crippen MR) is 68.2 cm³/mol. The molecular weight excluding hydrogens is 230 g/mol. The molecule has 0 unspecified atom stereocenters. The minimum atomic E-state index is 0.0436. The fourth-order valence-electron chi connectivity index (χ4n) is 2.23. The first-order chi connectivity index (χ1) is 8.72. The van der Waals surface area contributed by atoms with Crippen LogP contribution in [-0.4, -0.2) is 52.8 Å². The first-order valence-electron chi connectivity index (χ1n) is 6.42. The van der Waals surface area contributed by atoms with E-state index in [2.05, 4.69) is 4.98 Å². The van der Waals surface area contributed by atoms with E-state index in [1.54, 1.807) is 18.5 Å². The van der Waals surface area contributed by atoms with Gasteiger partial charge in [0.2, 0.25) is 5.91 Å². The SMILES string of the molecule is CCC(=O)N1CCCN(C(=O)c2cc[nH]c2)CC1. The van der Waals surface area contributed by atoms with Gasteiger partial charge in [-0.1, -0.05) is 6.92 Å². The summed E-state index contributed by atoms with van der Waals surface area (Å²) in [4.78, 5) is 30.4. The molecule has 2 rings (SSSR count). The second-order valence-corrected chi connectivity index (χ2v) is 4.48. The fraction of sp³-hybridized carbons (Fsp3) is 0.538. The molecular formula is C13H19N3O2. The Balaban J connectivity index is 1.97. The molecule has 1 N–H and O–H groups in total. The number of nitrogens with one attached hydrogen (secondary N) is 1. The molecule has 1 aliphatic heterocycles. The summed E-state index contributed by atoms with van der Waals surface area (Å²) in [5.74, 6) is 0.216. The van der Waals surface area contributed by atoms with Crippen LogP contribution in [0.5, 0.6) is 0 Å². The number of carbonyl (C=O) groups is 2. The van der Waals surface area contributed by atoms with Crippen LogP contribution < -0.4 is 0 Å². The average Bonchev–Trinajstić information content (AvgIpc) is 2.81. The van der Waals surface area contributed by atoms with Crippen LogP contribution in [0, 0.1) is 0 Å². The van der Waals surface area contributed by atoms with Crippen LogP contribution in [0.1, 0.15) is 30.1 Å². The molecule has 1 aromatic heterocycles. The second kappa shape index (κ2) is 5.71. The van der Waals surface area contributed by atoms with Crippen molar-refractivity contribution in [3.63, 3.8) is 0 Å². The minimum Gasteiger partial charge on any atom is -0.367 e. The summed E-state index contributed by atoms with van der Waals surface area (Å²) in [5, 5.41) is 0. The molecule has 0 atom stereocenters. The number of carbonyl (C=O) groups excluding carboxylic acids is 2. The highest BCUT2D eigenvalue weighted by molar-refractivity contribution is 5.94. The first-order valence-corrected chi connectivity index (χ1v) is 6.42. The van der Waals surface area contributed by atoms with Gasteiger partial charge in [-0.15, -0.1) is 0 Å². The third-order valence-corrected chi connectivity index (χ3v) is 3.28. The Morgan fingerprint density at radius 2 is 1.94 bits per heavy atom. The molecule has 2 amide bonds. The molecule has 1 aromatic rings. The van der Waals surface area contributed by atoms with E-state index >= 15 is 0 Å². The van der Waals surface area contributed by atoms with Gasteiger partial charge in [-0.2, -0.15) is 0 Å². The van der Waals surface area contributed by atoms with E-state index in [0.717, 1.165) is 19.5 Å². The summed E-state index contributed by atoms with van der Waals surface area (Å²) in [6, 6.07) is 1.78. The van der Waals surface area contributed by atoms with Gasteiger partial charge in [0, 0.05) is 45.0 Å². The van der Waals surface area contributed by atoms with Gasteiger partial charge in [-0.25, -0.2) is 0 Å². The van der Waals surface area contributed by atoms with E-state index < -0.39 is 0 Å². The largest absolute Gasteiger partial charge is 0.367 e. The van der Waals surface area contributed by atoms with Crippen molar-refractivity contribution in [2.45, 2.75) is 19.8 Å². The minimum absolute atomic E-state index is 0.0436. The summed E-state index contributed by atoms with van der Waals surface area (Å²) in [7, 11) is 0. The van der Waals surface area contributed by atoms with E-state index in [4.69, 9.17) is 0 Å². The highest BCUT2D eigenvalue weighted by atomic mass is 16.2. The summed E-state index contributed by atoms with van der Waals surface area (Å²) in [6.45, 7) is 4.61. The molecule has 2 heterocycles. The van der Waals surface area contributed by atoms with E-state index in [-0.39, 0.29) is 11.8 Å². The Morgan fingerprint density at radius 1 is 1.22 bits per heavy atom. The third kappa shape index (κ3) is 2.72. The number of aromatic nitrogens is 1. The zero-order valence-electron chi connectivity index (χ0n) is 10.7. The Morgan fingerprint density at radius 3 is 2.61 bits per heavy atom. The van der Waals surface area contributed by atoms with Crippen LogP contribution >= 0.6 is 0 Å². The lowest BCUT2D eigenvalue weighted by Gasteiger charge is -2.21. The highest BCUT2D eigenvalue weighted by Gasteiger charge is 2.22. The lowest BCUT2D eigenvalue weighted by Crippen LogP contribution is -2.37. The van der Waals surface area contributed by atoms with Crippen LogP contribution in [0.2, 0.25) is 0 Å². The number of rotatable bonds is 2. The highest BCUT2D eigenvalue weighted by Crippen LogP contribution is 2.09. The molecule has 0 bridgehead atoms. The lowest BCUT2D eigenvalue weighted by atomic mass is 10.3. The van der Waals surface area contributed by atoms with Crippen LogP contribution in [0.4, 0.5) is 0 Å². The number of hydrogen-bond donors (Lipinski definition) is 1. The van der Waals surface area contributed by atoms with Gasteiger partial charge in [0.15, 0.2) is 0 Å². The van der Waals surface area contributed by atoms with Gasteiger partial charge in [0.1, 0.15) is 0 Å². The van der Waals surface area contributed by atoms with Gasteiger partial charge < -0.3 is 14.8 Å². The zero-order valence-corrected chi connectivity index (χ0v) is 10.7. The smallest absolute Gasteiger partial charge is 0.255 e. The number of aromatic amines is 1. The van der Waals surface area contributed by atoms with Gasteiger partial charge in [0.05, 0.1) is 5.56 Å². The van der Waals surface area contributed by atoms with Crippen molar-refractivity contribution >= 4 is 11.8 Å². The zero-order chi connectivity index (χ0) is 13.0. The van der Waals surface area contributed by atoms with Crippen molar-refractivity contribution < 1.29 is 9.59 Å². The summed E-state index contributed by atoms with van der Waals surface area (Å²) >= 11 is 0. The Bertz CT molecular complexity index is 414. The molecule has 1 saturated heterocycles. The molecule has 5 nitrogen and oxygen atoms in total. The van der Waals surface area contributed by atoms with Crippen molar-refractivity contribution in [3.05, 3.63) is 24.0 Å². The summed E-state index contributed by atoms with van der Waals surface area (Å²) < 4.78 is 0. The first kappa shape index (κ1) is 12.7. The fourth-order valence-corrected chi connectivity index (χ4v) is 2.23. The van der Waals surface area contributed by atoms with Crippen molar-refractivity contribution in [2.24, 2.45) is 0 Å². The van der Waals surface area contributed by atoms with E-state index in [1.165, 1.54) is 0 Å². The van der Waals surface area contributed by atoms with Crippen LogP contribution in [0.25, 0.3) is 0 Å². The topological polar surface area (TPSA) is 56.4 Å². The normalized spacial score (nSPS) is 16.5. The molecule has 0 spiro atoms. The van der Waals surface area contributed by atoms with Crippen molar-refractivity contribution in [3.8, 4) is 0 Å². The molecule has 1 fully saturated rings. The molecule has 0 aromatic carbocycles. The van der Waals surface area contributed by atoms with E-state index in [0.29, 0.717) is 25.1 Å². The van der Waals surface area contributed by atoms with E-state index in [1.807, 2.05) is 16.7 Å². The summed E-state index contributed by atoms with van der Waals surface area (Å²) in [5.41, 5.74) is 0.685. The van der Waals surface area contributed by atoms with Gasteiger partial charge in [-0.3, -0.25) is 9.59 Å². The van der Waals surface area contributed by atoms with Crippen LogP contribution in [-0.2, 0) is 4.79 Å². The molecule has 0 radical (unpaired) electrons. The van der Waals surface area contributed by atoms with Gasteiger partial charge in [-0.05, 0) is 12.5 Å². The average molecular weight is 249 g/mol. The molecule has 0 saturated carbocycles. The Hall–Kier alpha value is -1.78. The molecule has 1 aliphatic rings. The van der Waals surface area contributed by atoms with Crippen molar-refractivity contribution in [2.75, 3.05) is 26.2 Å². The predicted octanol–water partition coefficient (Wildman–Crippen LogP) is 1.10. The monoisotopic (exact) mass is 249 g/mol. The van der Waals surface area contributed by atoms with Crippen molar-refractivity contribution in [1.29, 1.82) is 0 Å². The number of amides is 2. The lowest BCUT2D eigenvalue weighted by molar-refractivity contribution is -0.130. The van der Waals surface area contributed by atoms with Crippen molar-refractivity contribution in [1.82, 2.24) is 14.8 Å². The van der Waals surface area contributed by atoms with Crippen LogP contribution in [0.3, 0.4) is 0 Å². The molecule has 5 heteroatoms. The molecule has 0 aliphatic carbocycles. The maximum atomic E-state index is 12.2. The quantitative estimate of drug-likeness (QED) is 0.853. The third-order valence-electron chi connectivity index (χ3n) is 3.28. The van der Waals surface area contributed by atoms with Crippen LogP contribution in [0.15, 0.2) is 18.5 Å². The Kier molecular flexibility index (Phi) is 4.02.